The third-order valence-corrected chi connectivity index (χ3v) is 3.84. The van der Waals surface area contributed by atoms with Crippen molar-refractivity contribution >= 4 is 5.78 Å². The highest BCUT2D eigenvalue weighted by atomic mass is 16.3. The SMILES string of the molecule is Cc1ccc(CC2(O)CCC(=O)CC2)cc1C. The van der Waals surface area contributed by atoms with Crippen molar-refractivity contribution in [2.75, 3.05) is 0 Å². The number of rotatable bonds is 2. The highest BCUT2D eigenvalue weighted by Crippen LogP contribution is 2.30. The summed E-state index contributed by atoms with van der Waals surface area (Å²) in [4.78, 5) is 11.2. The summed E-state index contributed by atoms with van der Waals surface area (Å²) in [5.74, 6) is 0.287. The minimum absolute atomic E-state index is 0.287. The number of hydrogen-bond donors (Lipinski definition) is 1. The van der Waals surface area contributed by atoms with E-state index in [0.717, 1.165) is 0 Å². The van der Waals surface area contributed by atoms with Crippen LogP contribution in [-0.2, 0) is 11.2 Å². The Morgan fingerprint density at radius 3 is 2.41 bits per heavy atom. The van der Waals surface area contributed by atoms with Crippen LogP contribution in [0.3, 0.4) is 0 Å². The third-order valence-electron chi connectivity index (χ3n) is 3.84. The van der Waals surface area contributed by atoms with Crippen molar-refractivity contribution in [2.24, 2.45) is 0 Å². The smallest absolute Gasteiger partial charge is 0.133 e. The van der Waals surface area contributed by atoms with Crippen molar-refractivity contribution < 1.29 is 9.90 Å². The lowest BCUT2D eigenvalue weighted by molar-refractivity contribution is -0.125. The fourth-order valence-electron chi connectivity index (χ4n) is 2.46. The summed E-state index contributed by atoms with van der Waals surface area (Å²) in [6.45, 7) is 4.18. The van der Waals surface area contributed by atoms with Crippen molar-refractivity contribution in [3.63, 3.8) is 0 Å². The minimum Gasteiger partial charge on any atom is -0.390 e. The van der Waals surface area contributed by atoms with Gasteiger partial charge in [-0.15, -0.1) is 0 Å². The fourth-order valence-corrected chi connectivity index (χ4v) is 2.46. The van der Waals surface area contributed by atoms with E-state index in [1.165, 1.54) is 16.7 Å². The van der Waals surface area contributed by atoms with E-state index < -0.39 is 5.60 Å². The maximum absolute atomic E-state index is 11.2. The first-order chi connectivity index (χ1) is 7.98. The Morgan fingerprint density at radius 2 is 1.82 bits per heavy atom. The maximum atomic E-state index is 11.2. The molecule has 17 heavy (non-hydrogen) atoms. The molecule has 0 aromatic heterocycles. The topological polar surface area (TPSA) is 37.3 Å². The van der Waals surface area contributed by atoms with Crippen LogP contribution >= 0.6 is 0 Å². The second kappa shape index (κ2) is 4.61. The summed E-state index contributed by atoms with van der Waals surface area (Å²) < 4.78 is 0. The second-order valence-corrected chi connectivity index (χ2v) is 5.36. The molecule has 1 aromatic carbocycles. The van der Waals surface area contributed by atoms with E-state index in [9.17, 15) is 9.90 Å². The van der Waals surface area contributed by atoms with Crippen molar-refractivity contribution in [3.8, 4) is 0 Å². The largest absolute Gasteiger partial charge is 0.390 e. The van der Waals surface area contributed by atoms with Gasteiger partial charge in [-0.1, -0.05) is 18.2 Å². The lowest BCUT2D eigenvalue weighted by Gasteiger charge is -2.31. The summed E-state index contributed by atoms with van der Waals surface area (Å²) in [6.07, 6.45) is 2.95. The molecule has 0 atom stereocenters. The zero-order chi connectivity index (χ0) is 12.5. The van der Waals surface area contributed by atoms with Crippen LogP contribution in [0, 0.1) is 13.8 Å². The van der Waals surface area contributed by atoms with E-state index in [1.807, 2.05) is 0 Å². The summed E-state index contributed by atoms with van der Waals surface area (Å²) >= 11 is 0. The Morgan fingerprint density at radius 1 is 1.18 bits per heavy atom. The molecular formula is C15H20O2. The molecule has 92 valence electrons. The van der Waals surface area contributed by atoms with Gasteiger partial charge < -0.3 is 5.11 Å². The molecule has 1 aromatic rings. The lowest BCUT2D eigenvalue weighted by Crippen LogP contribution is -2.36. The number of carbonyl (C=O) groups excluding carboxylic acids is 1. The quantitative estimate of drug-likeness (QED) is 0.851. The number of Topliss-reactive ketones (excluding diaryl/α,β-unsaturated/α-hetero) is 1. The van der Waals surface area contributed by atoms with Crippen molar-refractivity contribution in [1.29, 1.82) is 0 Å². The summed E-state index contributed by atoms with van der Waals surface area (Å²) in [6, 6.07) is 6.32. The number of hydrogen-bond acceptors (Lipinski definition) is 2. The van der Waals surface area contributed by atoms with E-state index in [2.05, 4.69) is 32.0 Å². The van der Waals surface area contributed by atoms with Gasteiger partial charge in [0.2, 0.25) is 0 Å². The van der Waals surface area contributed by atoms with Crippen molar-refractivity contribution in [3.05, 3.63) is 34.9 Å². The number of aryl methyl sites for hydroxylation is 2. The molecule has 0 bridgehead atoms. The zero-order valence-electron chi connectivity index (χ0n) is 10.6. The van der Waals surface area contributed by atoms with Crippen molar-refractivity contribution in [1.82, 2.24) is 0 Å². The summed E-state index contributed by atoms with van der Waals surface area (Å²) in [7, 11) is 0. The Balaban J connectivity index is 2.09. The Labute approximate surface area is 103 Å². The van der Waals surface area contributed by atoms with E-state index >= 15 is 0 Å². The molecule has 0 radical (unpaired) electrons. The van der Waals surface area contributed by atoms with Crippen LogP contribution in [0.25, 0.3) is 0 Å². The molecule has 1 saturated carbocycles. The molecule has 1 N–H and O–H groups in total. The minimum atomic E-state index is -0.671. The highest BCUT2D eigenvalue weighted by Gasteiger charge is 2.32. The summed E-state index contributed by atoms with van der Waals surface area (Å²) in [5.41, 5.74) is 3.04. The van der Waals surface area contributed by atoms with E-state index in [-0.39, 0.29) is 5.78 Å². The average Bonchev–Trinajstić information content (AvgIpc) is 2.28. The molecule has 0 unspecified atom stereocenters. The molecule has 0 saturated heterocycles. The first-order valence-corrected chi connectivity index (χ1v) is 6.29. The van der Waals surface area contributed by atoms with Gasteiger partial charge in [-0.2, -0.15) is 0 Å². The Bertz CT molecular complexity index is 425. The Hall–Kier alpha value is -1.15. The molecule has 2 nitrogen and oxygen atoms in total. The van der Waals surface area contributed by atoms with Gasteiger partial charge in [-0.25, -0.2) is 0 Å². The van der Waals surface area contributed by atoms with Gasteiger partial charge in [-0.05, 0) is 43.4 Å². The van der Waals surface area contributed by atoms with Gasteiger partial charge >= 0.3 is 0 Å². The van der Waals surface area contributed by atoms with Crippen LogP contribution in [0.15, 0.2) is 18.2 Å². The Kier molecular flexibility index (Phi) is 3.34. The number of benzene rings is 1. The van der Waals surface area contributed by atoms with E-state index in [0.29, 0.717) is 32.1 Å². The van der Waals surface area contributed by atoms with Crippen LogP contribution < -0.4 is 0 Å². The van der Waals surface area contributed by atoms with Gasteiger partial charge in [0.25, 0.3) is 0 Å². The number of ketones is 1. The average molecular weight is 232 g/mol. The van der Waals surface area contributed by atoms with Gasteiger partial charge in [-0.3, -0.25) is 4.79 Å². The van der Waals surface area contributed by atoms with E-state index in [1.54, 1.807) is 0 Å². The first kappa shape index (κ1) is 12.3. The second-order valence-electron chi connectivity index (χ2n) is 5.36. The first-order valence-electron chi connectivity index (χ1n) is 6.29. The molecule has 2 rings (SSSR count). The molecule has 1 aliphatic carbocycles. The standard InChI is InChI=1S/C15H20O2/c1-11-3-4-13(9-12(11)2)10-15(17)7-5-14(16)6-8-15/h3-4,9,17H,5-8,10H2,1-2H3. The normalized spacial score (nSPS) is 19.4. The molecule has 0 heterocycles. The van der Waals surface area contributed by atoms with Gasteiger partial charge in [0.1, 0.15) is 5.78 Å². The predicted octanol–water partition coefficient (Wildman–Crippen LogP) is 2.72. The fraction of sp³-hybridized carbons (Fsp3) is 0.533. The van der Waals surface area contributed by atoms with Crippen LogP contribution in [0.1, 0.15) is 42.4 Å². The van der Waals surface area contributed by atoms with Crippen LogP contribution in [0.5, 0.6) is 0 Å². The van der Waals surface area contributed by atoms with Gasteiger partial charge in [0.05, 0.1) is 5.60 Å². The molecule has 0 aliphatic heterocycles. The molecule has 2 heteroatoms. The number of carbonyl (C=O) groups is 1. The van der Waals surface area contributed by atoms with Gasteiger partial charge in [0.15, 0.2) is 0 Å². The van der Waals surface area contributed by atoms with Crippen LogP contribution in [0.4, 0.5) is 0 Å². The van der Waals surface area contributed by atoms with Crippen LogP contribution in [0.2, 0.25) is 0 Å². The third kappa shape index (κ3) is 2.95. The maximum Gasteiger partial charge on any atom is 0.133 e. The summed E-state index contributed by atoms with van der Waals surface area (Å²) in [5, 5.41) is 10.5. The molecule has 1 aliphatic rings. The highest BCUT2D eigenvalue weighted by molar-refractivity contribution is 5.79. The predicted molar refractivity (Wildman–Crippen MR) is 68.0 cm³/mol. The monoisotopic (exact) mass is 232 g/mol. The van der Waals surface area contributed by atoms with E-state index in [4.69, 9.17) is 0 Å². The number of aliphatic hydroxyl groups is 1. The van der Waals surface area contributed by atoms with Crippen LogP contribution in [-0.4, -0.2) is 16.5 Å². The zero-order valence-corrected chi connectivity index (χ0v) is 10.6. The molecule has 0 amide bonds. The lowest BCUT2D eigenvalue weighted by atomic mass is 9.80. The van der Waals surface area contributed by atoms with Gasteiger partial charge in [0, 0.05) is 19.3 Å². The molecule has 0 spiro atoms. The molecule has 1 fully saturated rings. The van der Waals surface area contributed by atoms with Crippen molar-refractivity contribution in [2.45, 2.75) is 51.6 Å². The molecular weight excluding hydrogens is 212 g/mol.